The molecule has 88 valence electrons. The minimum Gasteiger partial charge on any atom is -0.480 e. The summed E-state index contributed by atoms with van der Waals surface area (Å²) in [6.07, 6.45) is 0. The first-order valence-corrected chi connectivity index (χ1v) is 5.42. The maximum absolute atomic E-state index is 11.9. The third-order valence-electron chi connectivity index (χ3n) is 2.24. The Kier molecular flexibility index (Phi) is 2.84. The van der Waals surface area contributed by atoms with Gasteiger partial charge in [-0.05, 0) is 18.2 Å². The van der Waals surface area contributed by atoms with Crippen molar-refractivity contribution in [3.63, 3.8) is 0 Å². The molecule has 0 aliphatic heterocycles. The van der Waals surface area contributed by atoms with Crippen LogP contribution in [-0.4, -0.2) is 20.6 Å². The smallest absolute Gasteiger partial charge is 0.329 e. The van der Waals surface area contributed by atoms with E-state index in [4.69, 9.17) is 5.11 Å². The molecule has 0 spiro atoms. The van der Waals surface area contributed by atoms with Crippen molar-refractivity contribution < 1.29 is 9.90 Å². The zero-order chi connectivity index (χ0) is 12.6. The fraction of sp³-hybridized carbons (Fsp3) is 0.100. The average Bonchev–Trinajstić information content (AvgIpc) is 2.23. The van der Waals surface area contributed by atoms with Crippen LogP contribution < -0.4 is 11.2 Å². The minimum absolute atomic E-state index is 0.272. The zero-order valence-electron chi connectivity index (χ0n) is 8.44. The molecule has 0 aliphatic carbocycles. The van der Waals surface area contributed by atoms with E-state index in [2.05, 4.69) is 20.9 Å². The third-order valence-corrected chi connectivity index (χ3v) is 2.73. The SMILES string of the molecule is O=C(O)Cn1c(=O)[nH]c2cc(Br)ccc2c1=O. The van der Waals surface area contributed by atoms with E-state index in [1.54, 1.807) is 12.1 Å². The van der Waals surface area contributed by atoms with E-state index in [0.717, 1.165) is 4.47 Å². The maximum atomic E-state index is 11.9. The van der Waals surface area contributed by atoms with E-state index in [1.165, 1.54) is 6.07 Å². The van der Waals surface area contributed by atoms with Crippen molar-refractivity contribution in [2.75, 3.05) is 0 Å². The van der Waals surface area contributed by atoms with E-state index in [0.29, 0.717) is 10.1 Å². The molecule has 2 rings (SSSR count). The molecule has 0 saturated carbocycles. The summed E-state index contributed by atoms with van der Waals surface area (Å²) in [4.78, 5) is 36.4. The molecule has 0 radical (unpaired) electrons. The quantitative estimate of drug-likeness (QED) is 0.846. The fourth-order valence-corrected chi connectivity index (χ4v) is 1.87. The molecule has 6 nitrogen and oxygen atoms in total. The molecule has 1 aromatic carbocycles. The second-order valence-electron chi connectivity index (χ2n) is 3.41. The van der Waals surface area contributed by atoms with Gasteiger partial charge >= 0.3 is 11.7 Å². The van der Waals surface area contributed by atoms with E-state index in [1.807, 2.05) is 0 Å². The molecule has 7 heteroatoms. The number of aromatic amines is 1. The number of benzene rings is 1. The van der Waals surface area contributed by atoms with Gasteiger partial charge in [0.25, 0.3) is 5.56 Å². The highest BCUT2D eigenvalue weighted by molar-refractivity contribution is 9.10. The van der Waals surface area contributed by atoms with Crippen LogP contribution >= 0.6 is 15.9 Å². The first-order valence-electron chi connectivity index (χ1n) is 4.63. The summed E-state index contributed by atoms with van der Waals surface area (Å²) in [7, 11) is 0. The molecule has 0 bridgehead atoms. The number of carboxylic acids is 1. The van der Waals surface area contributed by atoms with Crippen molar-refractivity contribution in [2.45, 2.75) is 6.54 Å². The van der Waals surface area contributed by atoms with Crippen molar-refractivity contribution >= 4 is 32.8 Å². The molecule has 0 saturated heterocycles. The van der Waals surface area contributed by atoms with Crippen LogP contribution in [0.4, 0.5) is 0 Å². The van der Waals surface area contributed by atoms with Crippen LogP contribution in [0.1, 0.15) is 0 Å². The summed E-state index contributed by atoms with van der Waals surface area (Å²) in [5.74, 6) is -1.24. The molecule has 2 aromatic rings. The van der Waals surface area contributed by atoms with Crippen molar-refractivity contribution in [1.29, 1.82) is 0 Å². The number of H-pyrrole nitrogens is 1. The number of rotatable bonds is 2. The van der Waals surface area contributed by atoms with Crippen LogP contribution in [-0.2, 0) is 11.3 Å². The minimum atomic E-state index is -1.24. The molecule has 0 atom stereocenters. The Labute approximate surface area is 103 Å². The van der Waals surface area contributed by atoms with Crippen LogP contribution in [0, 0.1) is 0 Å². The van der Waals surface area contributed by atoms with Gasteiger partial charge in [0.1, 0.15) is 6.54 Å². The van der Waals surface area contributed by atoms with Crippen LogP contribution in [0.25, 0.3) is 10.9 Å². The number of fused-ring (bicyclic) bond motifs is 1. The lowest BCUT2D eigenvalue weighted by Gasteiger charge is -2.03. The number of hydrogen-bond acceptors (Lipinski definition) is 3. The average molecular weight is 299 g/mol. The second-order valence-corrected chi connectivity index (χ2v) is 4.32. The van der Waals surface area contributed by atoms with Gasteiger partial charge in [0, 0.05) is 4.47 Å². The largest absolute Gasteiger partial charge is 0.480 e. The lowest BCUT2D eigenvalue weighted by molar-refractivity contribution is -0.137. The van der Waals surface area contributed by atoms with Crippen LogP contribution in [0.3, 0.4) is 0 Å². The summed E-state index contributed by atoms with van der Waals surface area (Å²) in [6, 6.07) is 4.76. The highest BCUT2D eigenvalue weighted by Gasteiger charge is 2.10. The molecule has 0 amide bonds. The molecule has 0 fully saturated rings. The molecule has 0 unspecified atom stereocenters. The number of hydrogen-bond donors (Lipinski definition) is 2. The molecule has 0 aliphatic rings. The Bertz CT molecular complexity index is 716. The predicted octanol–water partition coefficient (Wildman–Crippen LogP) is 0.537. The summed E-state index contributed by atoms with van der Waals surface area (Å²) >= 11 is 3.22. The Morgan fingerprint density at radius 2 is 2.12 bits per heavy atom. The molecular weight excluding hydrogens is 292 g/mol. The van der Waals surface area contributed by atoms with E-state index < -0.39 is 23.8 Å². The molecule has 1 heterocycles. The van der Waals surface area contributed by atoms with Crippen LogP contribution in [0.15, 0.2) is 32.3 Å². The molecule has 1 aromatic heterocycles. The highest BCUT2D eigenvalue weighted by atomic mass is 79.9. The lowest BCUT2D eigenvalue weighted by Crippen LogP contribution is -2.37. The number of aliphatic carboxylic acids is 1. The van der Waals surface area contributed by atoms with Gasteiger partial charge in [-0.15, -0.1) is 0 Å². The summed E-state index contributed by atoms with van der Waals surface area (Å²) in [6.45, 7) is -0.653. The van der Waals surface area contributed by atoms with E-state index in [-0.39, 0.29) is 5.39 Å². The van der Waals surface area contributed by atoms with Gasteiger partial charge in [0.2, 0.25) is 0 Å². The van der Waals surface area contributed by atoms with Crippen molar-refractivity contribution in [1.82, 2.24) is 9.55 Å². The lowest BCUT2D eigenvalue weighted by atomic mass is 10.2. The molecule has 17 heavy (non-hydrogen) atoms. The Morgan fingerprint density at radius 1 is 1.41 bits per heavy atom. The number of carboxylic acid groups (broad SMARTS) is 1. The maximum Gasteiger partial charge on any atom is 0.329 e. The van der Waals surface area contributed by atoms with Gasteiger partial charge in [-0.3, -0.25) is 9.59 Å². The van der Waals surface area contributed by atoms with Crippen molar-refractivity contribution in [3.8, 4) is 0 Å². The zero-order valence-corrected chi connectivity index (χ0v) is 10.0. The monoisotopic (exact) mass is 298 g/mol. The molecular formula is C10H7BrN2O4. The Balaban J connectivity index is 2.81. The first-order chi connectivity index (χ1) is 7.99. The summed E-state index contributed by atoms with van der Waals surface area (Å²) < 4.78 is 1.37. The van der Waals surface area contributed by atoms with Crippen LogP contribution in [0.5, 0.6) is 0 Å². The van der Waals surface area contributed by atoms with Gasteiger partial charge in [0.15, 0.2) is 0 Å². The normalized spacial score (nSPS) is 10.6. The van der Waals surface area contributed by atoms with Crippen molar-refractivity contribution in [3.05, 3.63) is 43.5 Å². The number of aromatic nitrogens is 2. The van der Waals surface area contributed by atoms with Gasteiger partial charge in [-0.1, -0.05) is 15.9 Å². The number of nitrogens with one attached hydrogen (secondary N) is 1. The first kappa shape index (κ1) is 11.6. The second kappa shape index (κ2) is 4.17. The number of nitrogens with zero attached hydrogens (tertiary/aromatic N) is 1. The number of carbonyl (C=O) groups is 1. The number of halogens is 1. The Hall–Kier alpha value is -1.89. The van der Waals surface area contributed by atoms with Gasteiger partial charge in [0.05, 0.1) is 10.9 Å². The predicted molar refractivity (Wildman–Crippen MR) is 64.2 cm³/mol. The standard InChI is InChI=1S/C10H7BrN2O4/c11-5-1-2-6-7(3-5)12-10(17)13(9(6)16)4-8(14)15/h1-3H,4H2,(H,12,17)(H,14,15). The van der Waals surface area contributed by atoms with Gasteiger partial charge in [-0.25, -0.2) is 9.36 Å². The van der Waals surface area contributed by atoms with Crippen molar-refractivity contribution in [2.24, 2.45) is 0 Å². The van der Waals surface area contributed by atoms with E-state index >= 15 is 0 Å². The van der Waals surface area contributed by atoms with Gasteiger partial charge in [-0.2, -0.15) is 0 Å². The third kappa shape index (κ3) is 2.14. The molecule has 2 N–H and O–H groups in total. The van der Waals surface area contributed by atoms with Crippen LogP contribution in [0.2, 0.25) is 0 Å². The summed E-state index contributed by atoms with van der Waals surface area (Å²) in [5, 5.41) is 8.88. The highest BCUT2D eigenvalue weighted by Crippen LogP contribution is 2.13. The fourth-order valence-electron chi connectivity index (χ4n) is 1.51. The van der Waals surface area contributed by atoms with Gasteiger partial charge < -0.3 is 10.1 Å². The Morgan fingerprint density at radius 3 is 2.76 bits per heavy atom. The topological polar surface area (TPSA) is 92.2 Å². The van der Waals surface area contributed by atoms with E-state index in [9.17, 15) is 14.4 Å². The summed E-state index contributed by atoms with van der Waals surface area (Å²) in [5.41, 5.74) is -0.974.